The van der Waals surface area contributed by atoms with E-state index in [-0.39, 0.29) is 23.3 Å². The second-order valence-electron chi connectivity index (χ2n) is 8.07. The molecule has 2 atom stereocenters. The predicted octanol–water partition coefficient (Wildman–Crippen LogP) is 3.18. The van der Waals surface area contributed by atoms with Gasteiger partial charge in [0.05, 0.1) is 7.11 Å². The molecule has 6 heteroatoms. The van der Waals surface area contributed by atoms with Crippen LogP contribution in [0.1, 0.15) is 28.4 Å². The van der Waals surface area contributed by atoms with E-state index in [2.05, 4.69) is 4.98 Å². The molecule has 30 heavy (non-hydrogen) atoms. The number of piperidine rings is 1. The average Bonchev–Trinajstić information content (AvgIpc) is 2.80. The van der Waals surface area contributed by atoms with Crippen LogP contribution in [0.2, 0.25) is 0 Å². The molecule has 0 radical (unpaired) electrons. The van der Waals surface area contributed by atoms with Crippen LogP contribution in [0.5, 0.6) is 5.75 Å². The monoisotopic (exact) mass is 401 g/mol. The van der Waals surface area contributed by atoms with Gasteiger partial charge in [0.25, 0.3) is 11.5 Å². The zero-order chi connectivity index (χ0) is 20.7. The first-order valence-electron chi connectivity index (χ1n) is 10.2. The Hall–Kier alpha value is -3.41. The van der Waals surface area contributed by atoms with Gasteiger partial charge in [0, 0.05) is 60.3 Å². The van der Waals surface area contributed by atoms with Crippen molar-refractivity contribution in [2.24, 2.45) is 5.92 Å². The molecule has 1 amide bonds. The number of rotatable bonds is 3. The Morgan fingerprint density at radius 3 is 2.63 bits per heavy atom. The fourth-order valence-electron chi connectivity index (χ4n) is 4.77. The highest BCUT2D eigenvalue weighted by Crippen LogP contribution is 2.36. The number of likely N-dealkylation sites (tertiary alicyclic amines) is 1. The van der Waals surface area contributed by atoms with Gasteiger partial charge >= 0.3 is 0 Å². The molecule has 2 unspecified atom stereocenters. The van der Waals surface area contributed by atoms with E-state index in [9.17, 15) is 9.59 Å². The number of ether oxygens (including phenoxy) is 1. The largest absolute Gasteiger partial charge is 0.497 e. The van der Waals surface area contributed by atoms with E-state index in [4.69, 9.17) is 4.74 Å². The van der Waals surface area contributed by atoms with Crippen molar-refractivity contribution in [2.75, 3.05) is 20.2 Å². The zero-order valence-electron chi connectivity index (χ0n) is 16.8. The van der Waals surface area contributed by atoms with Crippen molar-refractivity contribution in [3.63, 3.8) is 0 Å². The molecule has 2 bridgehead atoms. The van der Waals surface area contributed by atoms with E-state index >= 15 is 0 Å². The molecule has 3 aromatic rings. The number of pyridine rings is 2. The summed E-state index contributed by atoms with van der Waals surface area (Å²) in [7, 11) is 1.61. The molecule has 2 aliphatic heterocycles. The van der Waals surface area contributed by atoms with Gasteiger partial charge in [-0.1, -0.05) is 6.07 Å². The van der Waals surface area contributed by atoms with E-state index in [0.717, 1.165) is 23.4 Å². The van der Waals surface area contributed by atoms with E-state index < -0.39 is 0 Å². The number of carbonyl (C=O) groups excluding carboxylic acids is 1. The van der Waals surface area contributed by atoms with Crippen LogP contribution in [0, 0.1) is 5.92 Å². The maximum Gasteiger partial charge on any atom is 0.258 e. The minimum atomic E-state index is 0.0325. The number of hydrogen-bond donors (Lipinski definition) is 0. The number of amides is 1. The zero-order valence-corrected chi connectivity index (χ0v) is 16.8. The molecule has 2 aromatic heterocycles. The second-order valence-corrected chi connectivity index (χ2v) is 8.07. The fourth-order valence-corrected chi connectivity index (χ4v) is 4.77. The van der Waals surface area contributed by atoms with Crippen LogP contribution in [0.25, 0.3) is 11.1 Å². The Bertz CT molecular complexity index is 1140. The standard InChI is InChI=1S/C24H23N3O3/c1-30-20-6-4-17(5-7-20)23(28)26-13-16-11-19(15-26)22-9-8-21(24(29)27(22)14-16)18-3-2-10-25-12-18/h2-10,12,16,19H,11,13-15H2,1H3. The number of carbonyl (C=O) groups is 1. The predicted molar refractivity (Wildman–Crippen MR) is 114 cm³/mol. The summed E-state index contributed by atoms with van der Waals surface area (Å²) in [4.78, 5) is 32.3. The molecule has 6 nitrogen and oxygen atoms in total. The molecule has 5 rings (SSSR count). The molecule has 152 valence electrons. The summed E-state index contributed by atoms with van der Waals surface area (Å²) in [5.74, 6) is 1.23. The topological polar surface area (TPSA) is 64.4 Å². The fraction of sp³-hybridized carbons (Fsp3) is 0.292. The van der Waals surface area contributed by atoms with Crippen LogP contribution in [-0.4, -0.2) is 40.6 Å². The summed E-state index contributed by atoms with van der Waals surface area (Å²) >= 11 is 0. The van der Waals surface area contributed by atoms with Crippen molar-refractivity contribution in [2.45, 2.75) is 18.9 Å². The first kappa shape index (κ1) is 18.6. The van der Waals surface area contributed by atoms with Gasteiger partial charge in [-0.25, -0.2) is 0 Å². The number of aromatic nitrogens is 2. The minimum absolute atomic E-state index is 0.0325. The number of hydrogen-bond acceptors (Lipinski definition) is 4. The Morgan fingerprint density at radius 1 is 1.07 bits per heavy atom. The third kappa shape index (κ3) is 3.18. The maximum atomic E-state index is 13.2. The summed E-state index contributed by atoms with van der Waals surface area (Å²) in [6, 6.07) is 14.9. The number of nitrogens with zero attached hydrogens (tertiary/aromatic N) is 3. The van der Waals surface area contributed by atoms with Crippen LogP contribution in [0.3, 0.4) is 0 Å². The molecule has 0 spiro atoms. The first-order valence-corrected chi connectivity index (χ1v) is 10.2. The van der Waals surface area contributed by atoms with Crippen molar-refractivity contribution in [3.8, 4) is 16.9 Å². The van der Waals surface area contributed by atoms with Gasteiger partial charge in [-0.05, 0) is 54.8 Å². The Morgan fingerprint density at radius 2 is 1.90 bits per heavy atom. The summed E-state index contributed by atoms with van der Waals surface area (Å²) in [6.45, 7) is 1.95. The maximum absolute atomic E-state index is 13.2. The van der Waals surface area contributed by atoms with E-state index in [1.54, 1.807) is 19.5 Å². The van der Waals surface area contributed by atoms with Gasteiger partial charge in [0.2, 0.25) is 0 Å². The van der Waals surface area contributed by atoms with Crippen molar-refractivity contribution in [3.05, 3.63) is 82.5 Å². The molecule has 0 saturated carbocycles. The Balaban J connectivity index is 1.43. The van der Waals surface area contributed by atoms with Crippen LogP contribution >= 0.6 is 0 Å². The van der Waals surface area contributed by atoms with Crippen molar-refractivity contribution in [1.82, 2.24) is 14.5 Å². The van der Waals surface area contributed by atoms with Gasteiger partial charge in [0.15, 0.2) is 0 Å². The lowest BCUT2D eigenvalue weighted by atomic mass is 9.82. The normalized spacial score (nSPS) is 19.8. The molecular weight excluding hydrogens is 378 g/mol. The smallest absolute Gasteiger partial charge is 0.258 e. The van der Waals surface area contributed by atoms with Crippen LogP contribution < -0.4 is 10.3 Å². The summed E-state index contributed by atoms with van der Waals surface area (Å²) in [5, 5.41) is 0. The molecule has 0 N–H and O–H groups in total. The summed E-state index contributed by atoms with van der Waals surface area (Å²) in [5.41, 5.74) is 3.24. The first-order chi connectivity index (χ1) is 14.6. The molecule has 2 aliphatic rings. The average molecular weight is 401 g/mol. The second kappa shape index (κ2) is 7.44. The molecule has 1 fully saturated rings. The minimum Gasteiger partial charge on any atom is -0.497 e. The van der Waals surface area contributed by atoms with E-state index in [1.165, 1.54) is 0 Å². The Labute approximate surface area is 174 Å². The van der Waals surface area contributed by atoms with Crippen molar-refractivity contribution in [1.29, 1.82) is 0 Å². The van der Waals surface area contributed by atoms with Gasteiger partial charge in [-0.2, -0.15) is 0 Å². The van der Waals surface area contributed by atoms with Crippen LogP contribution in [0.15, 0.2) is 65.7 Å². The number of benzene rings is 1. The van der Waals surface area contributed by atoms with Crippen molar-refractivity contribution < 1.29 is 9.53 Å². The Kier molecular flexibility index (Phi) is 4.62. The van der Waals surface area contributed by atoms with Gasteiger partial charge in [0.1, 0.15) is 5.75 Å². The van der Waals surface area contributed by atoms with Crippen molar-refractivity contribution >= 4 is 5.91 Å². The lowest BCUT2D eigenvalue weighted by molar-refractivity contribution is 0.0594. The molecule has 0 aliphatic carbocycles. The lowest BCUT2D eigenvalue weighted by Crippen LogP contribution is -2.49. The quantitative estimate of drug-likeness (QED) is 0.676. The summed E-state index contributed by atoms with van der Waals surface area (Å²) in [6.07, 6.45) is 4.44. The van der Waals surface area contributed by atoms with Gasteiger partial charge < -0.3 is 14.2 Å². The van der Waals surface area contributed by atoms with E-state index in [1.807, 2.05) is 58.0 Å². The molecule has 1 aromatic carbocycles. The molecular formula is C24H23N3O3. The third-order valence-corrected chi connectivity index (χ3v) is 6.20. The van der Waals surface area contributed by atoms with Gasteiger partial charge in [-0.3, -0.25) is 14.6 Å². The van der Waals surface area contributed by atoms with Crippen LogP contribution in [-0.2, 0) is 6.54 Å². The highest BCUT2D eigenvalue weighted by atomic mass is 16.5. The highest BCUT2D eigenvalue weighted by Gasteiger charge is 2.37. The summed E-state index contributed by atoms with van der Waals surface area (Å²) < 4.78 is 7.10. The highest BCUT2D eigenvalue weighted by molar-refractivity contribution is 5.94. The number of fused-ring (bicyclic) bond motifs is 4. The number of methoxy groups -OCH3 is 1. The van der Waals surface area contributed by atoms with Crippen LogP contribution in [0.4, 0.5) is 0 Å². The molecule has 4 heterocycles. The SMILES string of the molecule is COc1ccc(C(=O)N2CC3CC(C2)c2ccc(-c4cccnc4)c(=O)n2C3)cc1. The lowest BCUT2D eigenvalue weighted by Gasteiger charge is -2.43. The molecule has 1 saturated heterocycles. The van der Waals surface area contributed by atoms with Gasteiger partial charge in [-0.15, -0.1) is 0 Å². The third-order valence-electron chi connectivity index (χ3n) is 6.20. The van der Waals surface area contributed by atoms with E-state index in [0.29, 0.717) is 30.8 Å².